The largest absolute Gasteiger partial charge is 0.494 e. The Balaban J connectivity index is 0.786. The van der Waals surface area contributed by atoms with Gasteiger partial charge >= 0.3 is 12.1 Å². The molecule has 2 aliphatic heterocycles. The molecule has 15 nitrogen and oxygen atoms in total. The first-order valence-electron chi connectivity index (χ1n) is 30.0. The van der Waals surface area contributed by atoms with Crippen LogP contribution in [0.3, 0.4) is 0 Å². The molecule has 0 bridgehead atoms. The van der Waals surface area contributed by atoms with E-state index in [0.717, 1.165) is 89.6 Å². The van der Waals surface area contributed by atoms with Crippen molar-refractivity contribution in [2.75, 3.05) is 13.2 Å². The number of cyclic esters (lactones) is 1. The minimum Gasteiger partial charge on any atom is -0.494 e. The molecule has 10 aromatic rings. The smallest absolute Gasteiger partial charge is 0.415 e. The molecular formula is C72H69N9O6. The quantitative estimate of drug-likeness (QED) is 0.0416. The van der Waals surface area contributed by atoms with E-state index in [2.05, 4.69) is 116 Å². The fraction of sp³-hybridized carbons (Fsp3) is 0.250. The topological polar surface area (TPSA) is 158 Å². The van der Waals surface area contributed by atoms with Crippen LogP contribution in [0, 0.1) is 0 Å². The van der Waals surface area contributed by atoms with Gasteiger partial charge in [-0.25, -0.2) is 9.78 Å². The van der Waals surface area contributed by atoms with Crippen molar-refractivity contribution in [2.24, 2.45) is 0 Å². The predicted octanol–water partition coefficient (Wildman–Crippen LogP) is 13.0. The third kappa shape index (κ3) is 13.9. The number of aryl methyl sites for hydroxylation is 1. The molecule has 0 saturated heterocycles. The van der Waals surface area contributed by atoms with Gasteiger partial charge in [0.25, 0.3) is 5.56 Å². The zero-order valence-corrected chi connectivity index (χ0v) is 49.1. The summed E-state index contributed by atoms with van der Waals surface area (Å²) in [4.78, 5) is 71.8. The Kier molecular flexibility index (Phi) is 18.0. The third-order valence-electron chi connectivity index (χ3n) is 16.2. The number of rotatable bonds is 24. The predicted molar refractivity (Wildman–Crippen MR) is 335 cm³/mol. The first kappa shape index (κ1) is 57.7. The Bertz CT molecular complexity index is 3870. The van der Waals surface area contributed by atoms with Crippen LogP contribution in [0.1, 0.15) is 101 Å². The van der Waals surface area contributed by atoms with Crippen molar-refractivity contribution in [1.29, 1.82) is 0 Å². The number of unbranched alkanes of at least 4 members (excludes halogenated alkanes) is 1. The molecule has 0 aliphatic carbocycles. The molecule has 2 aliphatic rings. The van der Waals surface area contributed by atoms with E-state index < -0.39 is 12.0 Å². The Morgan fingerprint density at radius 1 is 0.586 bits per heavy atom. The summed E-state index contributed by atoms with van der Waals surface area (Å²) in [5.74, 6) is 0.356. The number of ether oxygens (including phenoxy) is 3. The van der Waals surface area contributed by atoms with Crippen LogP contribution >= 0.6 is 0 Å². The number of aromatic nitrogens is 6. The second-order valence-electron chi connectivity index (χ2n) is 22.3. The number of carbonyl (C=O) groups excluding carboxylic acids is 2. The number of hydrogen-bond acceptors (Lipinski definition) is 13. The summed E-state index contributed by atoms with van der Waals surface area (Å²) in [6.07, 6.45) is 9.36. The minimum atomic E-state index is -0.497. The van der Waals surface area contributed by atoms with Gasteiger partial charge in [-0.2, -0.15) is 0 Å². The highest BCUT2D eigenvalue weighted by Gasteiger charge is 2.35. The summed E-state index contributed by atoms with van der Waals surface area (Å²) in [6.45, 7) is 9.23. The highest BCUT2D eigenvalue weighted by molar-refractivity contribution is 5.90. The molecule has 1 amide bonds. The Labute approximate surface area is 506 Å². The summed E-state index contributed by atoms with van der Waals surface area (Å²) in [5.41, 5.74) is 14.5. The molecule has 4 aromatic carbocycles. The van der Waals surface area contributed by atoms with Crippen molar-refractivity contribution in [1.82, 2.24) is 44.2 Å². The van der Waals surface area contributed by atoms with Gasteiger partial charge in [-0.15, -0.1) is 0 Å². The lowest BCUT2D eigenvalue weighted by Gasteiger charge is -2.25. The number of pyridine rings is 6. The molecule has 12 rings (SSSR count). The molecule has 0 saturated carbocycles. The maximum absolute atomic E-state index is 14.6. The van der Waals surface area contributed by atoms with Gasteiger partial charge in [-0.3, -0.25) is 39.3 Å². The van der Waals surface area contributed by atoms with Gasteiger partial charge < -0.3 is 23.7 Å². The minimum absolute atomic E-state index is 0.0329. The van der Waals surface area contributed by atoms with Crippen LogP contribution in [0.5, 0.6) is 11.5 Å². The van der Waals surface area contributed by atoms with Crippen LogP contribution in [0.25, 0.3) is 33.4 Å². The molecule has 15 heteroatoms. The summed E-state index contributed by atoms with van der Waals surface area (Å²) >= 11 is 0. The molecule has 1 atom stereocenters. The Morgan fingerprint density at radius 3 is 1.74 bits per heavy atom. The van der Waals surface area contributed by atoms with Crippen LogP contribution in [-0.4, -0.2) is 69.4 Å². The molecule has 438 valence electrons. The second kappa shape index (κ2) is 27.1. The average Bonchev–Trinajstić information content (AvgIpc) is 1.69. The van der Waals surface area contributed by atoms with Gasteiger partial charge in [-0.1, -0.05) is 98.8 Å². The van der Waals surface area contributed by atoms with E-state index in [-0.39, 0.29) is 18.1 Å². The number of carbonyl (C=O) groups is 2. The summed E-state index contributed by atoms with van der Waals surface area (Å²) in [6, 6.07) is 56.7. The van der Waals surface area contributed by atoms with Crippen molar-refractivity contribution in [3.05, 3.63) is 267 Å². The number of amides is 1. The number of fused-ring (bicyclic) bond motifs is 5. The van der Waals surface area contributed by atoms with E-state index in [4.69, 9.17) is 19.2 Å². The van der Waals surface area contributed by atoms with Crippen molar-refractivity contribution < 1.29 is 23.8 Å². The van der Waals surface area contributed by atoms with E-state index in [0.29, 0.717) is 108 Å². The van der Waals surface area contributed by atoms with Gasteiger partial charge in [-0.05, 0) is 150 Å². The van der Waals surface area contributed by atoms with Crippen LogP contribution in [0.4, 0.5) is 4.79 Å². The lowest BCUT2D eigenvalue weighted by Crippen LogP contribution is -2.34. The van der Waals surface area contributed by atoms with Gasteiger partial charge in [0.2, 0.25) is 0 Å². The van der Waals surface area contributed by atoms with E-state index >= 15 is 0 Å². The first-order chi connectivity index (χ1) is 42.7. The van der Waals surface area contributed by atoms with Gasteiger partial charge in [0.15, 0.2) is 0 Å². The molecule has 0 unspecified atom stereocenters. The standard InChI is InChI=1S/C72H69N9O6/c1-3-61-64-39-59(28-29-67(64)77-69-65(61)48-81-68(69)40-63-62(4-2)71(83)86-49-66(63)70(81)82)87-72(84)80(43-50-24-26-54(27-25-50)53-18-6-5-7-19-53)34-16-17-35-85-60-37-51(41-78(44-55-20-8-12-30-73-55)45-56-21-9-13-31-74-56)36-52(38-60)42-79(46-57-22-10-14-32-75-57)47-58-23-11-15-33-76-58/h5-15,18-33,36-40,62H,3-4,16-17,34-35,41-49H2,1-2H3/t62-/m0/s1. The third-order valence-corrected chi connectivity index (χ3v) is 16.2. The number of benzene rings is 4. The number of hydrogen-bond donors (Lipinski definition) is 0. The lowest BCUT2D eigenvalue weighted by molar-refractivity contribution is -0.148. The van der Waals surface area contributed by atoms with Gasteiger partial charge in [0.1, 0.15) is 18.1 Å². The van der Waals surface area contributed by atoms with Crippen molar-refractivity contribution in [3.8, 4) is 34.0 Å². The zero-order valence-electron chi connectivity index (χ0n) is 49.1. The monoisotopic (exact) mass is 1160 g/mol. The highest BCUT2D eigenvalue weighted by Crippen LogP contribution is 2.40. The summed E-state index contributed by atoms with van der Waals surface area (Å²) in [5, 5.41) is 0.854. The lowest BCUT2D eigenvalue weighted by atomic mass is 9.90. The zero-order chi connectivity index (χ0) is 59.5. The Hall–Kier alpha value is -9.70. The molecule has 8 heterocycles. The number of esters is 1. The molecule has 0 fully saturated rings. The fourth-order valence-electron chi connectivity index (χ4n) is 12.0. The maximum atomic E-state index is 14.6. The molecule has 0 spiro atoms. The van der Waals surface area contributed by atoms with Crippen LogP contribution < -0.4 is 15.0 Å². The van der Waals surface area contributed by atoms with E-state index in [1.807, 2.05) is 117 Å². The summed E-state index contributed by atoms with van der Waals surface area (Å²) in [7, 11) is 0. The highest BCUT2D eigenvalue weighted by atomic mass is 16.6. The Morgan fingerprint density at radius 2 is 1.17 bits per heavy atom. The van der Waals surface area contributed by atoms with Crippen LogP contribution in [-0.2, 0) is 74.9 Å². The summed E-state index contributed by atoms with van der Waals surface area (Å²) < 4.78 is 20.3. The van der Waals surface area contributed by atoms with Gasteiger partial charge in [0, 0.05) is 88.1 Å². The maximum Gasteiger partial charge on any atom is 0.415 e. The average molecular weight is 1160 g/mol. The molecule has 0 radical (unpaired) electrons. The second-order valence-corrected chi connectivity index (χ2v) is 22.3. The van der Waals surface area contributed by atoms with E-state index in [1.54, 1.807) is 15.5 Å². The molecule has 0 N–H and O–H groups in total. The molecular weight excluding hydrogens is 1090 g/mol. The SMILES string of the molecule is CCc1c2c(nc3ccc(OC(=O)N(CCCCOc4cc(CN(Cc5ccccn5)Cc5ccccn5)cc(CN(Cc5ccccn5)Cc5ccccn5)c4)Cc4ccc(-c5ccccc5)cc4)cc13)-c1cc3c(c(=O)n1C2)COC(=O)[C@H]3CC. The fourth-order valence-corrected chi connectivity index (χ4v) is 12.0. The first-order valence-corrected chi connectivity index (χ1v) is 30.0. The van der Waals surface area contributed by atoms with Crippen LogP contribution in [0.15, 0.2) is 199 Å². The molecule has 87 heavy (non-hydrogen) atoms. The molecule has 6 aromatic heterocycles. The van der Waals surface area contributed by atoms with Crippen molar-refractivity contribution in [2.45, 2.75) is 104 Å². The van der Waals surface area contributed by atoms with E-state index in [9.17, 15) is 14.4 Å². The van der Waals surface area contributed by atoms with Crippen LogP contribution in [0.2, 0.25) is 0 Å². The number of nitrogens with zero attached hydrogens (tertiary/aromatic N) is 9. The van der Waals surface area contributed by atoms with Crippen molar-refractivity contribution in [3.63, 3.8) is 0 Å². The van der Waals surface area contributed by atoms with Gasteiger partial charge in [0.05, 0.1) is 64.3 Å². The van der Waals surface area contributed by atoms with E-state index in [1.165, 1.54) is 0 Å². The normalized spacial score (nSPS) is 13.3. The van der Waals surface area contributed by atoms with Crippen molar-refractivity contribution >= 4 is 23.0 Å².